The largest absolute Gasteiger partial charge is 0.495 e. The van der Waals surface area contributed by atoms with Crippen molar-refractivity contribution in [1.29, 1.82) is 0 Å². The molecule has 110 valence electrons. The molecule has 0 aliphatic carbocycles. The second-order valence-electron chi connectivity index (χ2n) is 5.52. The number of Topliss-reactive ketones (excluding diaryl/α,β-unsaturated/α-hetero) is 1. The van der Waals surface area contributed by atoms with Crippen molar-refractivity contribution in [1.82, 2.24) is 0 Å². The van der Waals surface area contributed by atoms with Crippen LogP contribution in [-0.4, -0.2) is 38.3 Å². The Morgan fingerprint density at radius 2 is 2.20 bits per heavy atom. The number of carbonyl (C=O) groups is 1. The van der Waals surface area contributed by atoms with Gasteiger partial charge in [-0.25, -0.2) is 0 Å². The Kier molecular flexibility index (Phi) is 4.10. The summed E-state index contributed by atoms with van der Waals surface area (Å²) in [7, 11) is 1.61. The minimum atomic E-state index is -0.138. The van der Waals surface area contributed by atoms with Gasteiger partial charge in [-0.15, -0.1) is 11.3 Å². The third-order valence-corrected chi connectivity index (χ3v) is 5.25. The van der Waals surface area contributed by atoms with E-state index < -0.39 is 0 Å². The molecule has 1 spiro atoms. The number of hydrogen-bond acceptors (Lipinski definition) is 5. The number of carbonyl (C=O) groups excluding carboxylic acids is 1. The maximum Gasteiger partial charge on any atom is 0.179 e. The van der Waals surface area contributed by atoms with Crippen molar-refractivity contribution >= 4 is 17.1 Å². The van der Waals surface area contributed by atoms with Crippen LogP contribution in [0.1, 0.15) is 35.4 Å². The van der Waals surface area contributed by atoms with E-state index in [1.165, 1.54) is 11.3 Å². The smallest absolute Gasteiger partial charge is 0.179 e. The topological polar surface area (TPSA) is 44.8 Å². The molecule has 3 rings (SSSR count). The predicted octanol–water partition coefficient (Wildman–Crippen LogP) is 2.92. The Balaban J connectivity index is 1.75. The number of methoxy groups -OCH3 is 1. The fourth-order valence-corrected chi connectivity index (χ4v) is 4.04. The second kappa shape index (κ2) is 5.84. The lowest BCUT2D eigenvalue weighted by molar-refractivity contribution is -0.142. The molecule has 1 unspecified atom stereocenters. The molecular formula is C15H20O4S. The van der Waals surface area contributed by atoms with Crippen molar-refractivity contribution in [2.45, 2.75) is 31.3 Å². The van der Waals surface area contributed by atoms with Crippen LogP contribution in [0.5, 0.6) is 5.75 Å². The van der Waals surface area contributed by atoms with E-state index >= 15 is 0 Å². The molecule has 0 aromatic carbocycles. The summed E-state index contributed by atoms with van der Waals surface area (Å²) in [5, 5.41) is 1.91. The van der Waals surface area contributed by atoms with Crippen LogP contribution in [0.15, 0.2) is 11.4 Å². The van der Waals surface area contributed by atoms with Gasteiger partial charge in [0.25, 0.3) is 0 Å². The minimum Gasteiger partial charge on any atom is -0.495 e. The number of thiophene rings is 1. The maximum atomic E-state index is 12.7. The van der Waals surface area contributed by atoms with Crippen LogP contribution in [-0.2, 0) is 9.47 Å². The van der Waals surface area contributed by atoms with Gasteiger partial charge in [-0.1, -0.05) is 0 Å². The first kappa shape index (κ1) is 14.0. The minimum absolute atomic E-state index is 0.0504. The summed E-state index contributed by atoms with van der Waals surface area (Å²) in [6.07, 6.45) is 3.43. The molecule has 4 nitrogen and oxygen atoms in total. The Morgan fingerprint density at radius 3 is 2.95 bits per heavy atom. The van der Waals surface area contributed by atoms with Crippen molar-refractivity contribution in [3.8, 4) is 5.75 Å². The van der Waals surface area contributed by atoms with Crippen molar-refractivity contribution in [2.75, 3.05) is 26.9 Å². The van der Waals surface area contributed by atoms with Gasteiger partial charge in [0.15, 0.2) is 5.78 Å². The number of ketones is 1. The zero-order valence-electron chi connectivity index (χ0n) is 11.7. The van der Waals surface area contributed by atoms with Gasteiger partial charge in [0.1, 0.15) is 10.6 Å². The van der Waals surface area contributed by atoms with Crippen LogP contribution >= 0.6 is 11.3 Å². The van der Waals surface area contributed by atoms with Gasteiger partial charge in [-0.3, -0.25) is 4.79 Å². The molecule has 2 aliphatic heterocycles. The summed E-state index contributed by atoms with van der Waals surface area (Å²) in [5.74, 6) is 0.966. The molecule has 20 heavy (non-hydrogen) atoms. The quantitative estimate of drug-likeness (QED) is 0.805. The summed E-state index contributed by atoms with van der Waals surface area (Å²) in [6.45, 7) is 2.15. The monoisotopic (exact) mass is 296 g/mol. The fraction of sp³-hybridized carbons (Fsp3) is 0.667. The Bertz CT molecular complexity index is 470. The van der Waals surface area contributed by atoms with Crippen molar-refractivity contribution in [3.05, 3.63) is 16.3 Å². The Hall–Kier alpha value is -0.910. The number of rotatable bonds is 3. The lowest BCUT2D eigenvalue weighted by atomic mass is 9.79. The molecular weight excluding hydrogens is 276 g/mol. The zero-order valence-corrected chi connectivity index (χ0v) is 12.5. The van der Waals surface area contributed by atoms with E-state index in [4.69, 9.17) is 14.2 Å². The molecule has 2 saturated heterocycles. The number of hydrogen-bond donors (Lipinski definition) is 0. The first-order chi connectivity index (χ1) is 9.74. The normalized spacial score (nSPS) is 25.6. The first-order valence-electron chi connectivity index (χ1n) is 7.11. The fourth-order valence-electron chi connectivity index (χ4n) is 3.17. The Labute approximate surface area is 123 Å². The van der Waals surface area contributed by atoms with Crippen molar-refractivity contribution in [2.24, 2.45) is 5.92 Å². The van der Waals surface area contributed by atoms with E-state index in [0.717, 1.165) is 43.8 Å². The van der Waals surface area contributed by atoms with E-state index in [0.29, 0.717) is 12.4 Å². The van der Waals surface area contributed by atoms with Gasteiger partial charge >= 0.3 is 0 Å². The highest BCUT2D eigenvalue weighted by atomic mass is 32.1. The standard InChI is InChI=1S/C15H20O4S/c1-17-12-3-9-20-14(12)13(16)11-2-6-19-15(10-11)4-7-18-8-5-15/h3,9,11H,2,4-8,10H2,1H3. The molecule has 1 aromatic rings. The van der Waals surface area contributed by atoms with Crippen LogP contribution in [0, 0.1) is 5.92 Å². The van der Waals surface area contributed by atoms with Crippen LogP contribution in [0.3, 0.4) is 0 Å². The molecule has 3 heterocycles. The molecule has 0 N–H and O–H groups in total. The average Bonchev–Trinajstić information content (AvgIpc) is 2.96. The van der Waals surface area contributed by atoms with Gasteiger partial charge in [0, 0.05) is 25.7 Å². The third kappa shape index (κ3) is 2.62. The molecule has 2 aliphatic rings. The van der Waals surface area contributed by atoms with E-state index in [2.05, 4.69) is 0 Å². The van der Waals surface area contributed by atoms with Crippen LogP contribution in [0.4, 0.5) is 0 Å². The van der Waals surface area contributed by atoms with Gasteiger partial charge < -0.3 is 14.2 Å². The SMILES string of the molecule is COc1ccsc1C(=O)C1CCOC2(CCOCC2)C1. The summed E-state index contributed by atoms with van der Waals surface area (Å²) < 4.78 is 16.7. The lowest BCUT2D eigenvalue weighted by Crippen LogP contribution is -2.45. The summed E-state index contributed by atoms with van der Waals surface area (Å²) in [5.41, 5.74) is -0.138. The van der Waals surface area contributed by atoms with Crippen LogP contribution in [0.2, 0.25) is 0 Å². The highest BCUT2D eigenvalue weighted by molar-refractivity contribution is 7.12. The lowest BCUT2D eigenvalue weighted by Gasteiger charge is -2.42. The summed E-state index contributed by atoms with van der Waals surface area (Å²) in [6, 6.07) is 1.86. The zero-order chi connectivity index (χ0) is 14.0. The van der Waals surface area contributed by atoms with Gasteiger partial charge in [0.2, 0.25) is 0 Å². The molecule has 0 radical (unpaired) electrons. The molecule has 1 aromatic heterocycles. The molecule has 0 bridgehead atoms. The highest BCUT2D eigenvalue weighted by Crippen LogP contribution is 2.39. The predicted molar refractivity (Wildman–Crippen MR) is 76.7 cm³/mol. The molecule has 2 fully saturated rings. The van der Waals surface area contributed by atoms with Crippen molar-refractivity contribution in [3.63, 3.8) is 0 Å². The van der Waals surface area contributed by atoms with Gasteiger partial charge in [-0.2, -0.15) is 0 Å². The highest BCUT2D eigenvalue weighted by Gasteiger charge is 2.41. The first-order valence-corrected chi connectivity index (χ1v) is 7.99. The van der Waals surface area contributed by atoms with Crippen molar-refractivity contribution < 1.29 is 19.0 Å². The van der Waals surface area contributed by atoms with Crippen LogP contribution in [0.25, 0.3) is 0 Å². The second-order valence-corrected chi connectivity index (χ2v) is 6.43. The van der Waals surface area contributed by atoms with Gasteiger partial charge in [0.05, 0.1) is 12.7 Å². The molecule has 5 heteroatoms. The molecule has 0 saturated carbocycles. The molecule has 1 atom stereocenters. The van der Waals surface area contributed by atoms with Gasteiger partial charge in [-0.05, 0) is 37.1 Å². The third-order valence-electron chi connectivity index (χ3n) is 4.34. The van der Waals surface area contributed by atoms with E-state index in [1.807, 2.05) is 11.4 Å². The summed E-state index contributed by atoms with van der Waals surface area (Å²) >= 11 is 1.47. The number of ether oxygens (including phenoxy) is 3. The Morgan fingerprint density at radius 1 is 1.40 bits per heavy atom. The van der Waals surface area contributed by atoms with E-state index in [1.54, 1.807) is 7.11 Å². The summed E-state index contributed by atoms with van der Waals surface area (Å²) in [4.78, 5) is 13.5. The molecule has 0 amide bonds. The van der Waals surface area contributed by atoms with E-state index in [-0.39, 0.29) is 17.3 Å². The maximum absolute atomic E-state index is 12.7. The van der Waals surface area contributed by atoms with E-state index in [9.17, 15) is 4.79 Å². The van der Waals surface area contributed by atoms with Crippen LogP contribution < -0.4 is 4.74 Å². The average molecular weight is 296 g/mol.